The average molecular weight is 306 g/mol. The lowest BCUT2D eigenvalue weighted by molar-refractivity contribution is 0.506. The molecule has 2 rings (SSSR count). The Bertz CT molecular complexity index is 632. The predicted octanol–water partition coefficient (Wildman–Crippen LogP) is 4.46. The molecule has 1 unspecified atom stereocenters. The number of rotatable bonds is 2. The minimum Gasteiger partial charge on any atom is -0.320 e. The quantitative estimate of drug-likeness (QED) is 0.815. The van der Waals surface area contributed by atoms with Gasteiger partial charge in [0.15, 0.2) is 11.6 Å². The summed E-state index contributed by atoms with van der Waals surface area (Å²) in [5, 5.41) is 0.205. The topological polar surface area (TPSA) is 26.0 Å². The predicted molar refractivity (Wildman–Crippen MR) is 68.8 cm³/mol. The van der Waals surface area contributed by atoms with E-state index in [2.05, 4.69) is 0 Å². The van der Waals surface area contributed by atoms with Crippen molar-refractivity contribution in [3.63, 3.8) is 0 Å². The molecule has 1 atom stereocenters. The summed E-state index contributed by atoms with van der Waals surface area (Å²) in [5.74, 6) is -2.79. The fraction of sp³-hybridized carbons (Fsp3) is 0.0769. The van der Waals surface area contributed by atoms with E-state index >= 15 is 0 Å². The van der Waals surface area contributed by atoms with E-state index in [1.807, 2.05) is 0 Å². The van der Waals surface area contributed by atoms with Crippen LogP contribution in [-0.4, -0.2) is 0 Å². The average Bonchev–Trinajstić information content (AvgIpc) is 2.36. The van der Waals surface area contributed by atoms with Crippen LogP contribution in [0, 0.1) is 17.5 Å². The Kier molecular flexibility index (Phi) is 4.04. The maximum Gasteiger partial charge on any atom is 0.160 e. The third kappa shape index (κ3) is 2.86. The summed E-state index contributed by atoms with van der Waals surface area (Å²) in [4.78, 5) is 0. The molecule has 0 aliphatic carbocycles. The van der Waals surface area contributed by atoms with Crippen LogP contribution in [0.5, 0.6) is 0 Å². The van der Waals surface area contributed by atoms with Crippen LogP contribution in [0.4, 0.5) is 13.2 Å². The Morgan fingerprint density at radius 3 is 2.16 bits per heavy atom. The molecule has 2 aromatic carbocycles. The molecule has 0 heterocycles. The standard InChI is InChI=1S/C13H8Cl2F3N/c14-6-1-2-10(16)8(3-6)13(19)7-4-11(17)12(18)5-9(7)15/h1-5,13H,19H2. The molecular weight excluding hydrogens is 298 g/mol. The number of hydrogen-bond acceptors (Lipinski definition) is 1. The SMILES string of the molecule is NC(c1cc(Cl)ccc1F)c1cc(F)c(F)cc1Cl. The zero-order chi connectivity index (χ0) is 14.2. The number of benzene rings is 2. The maximum atomic E-state index is 13.7. The lowest BCUT2D eigenvalue weighted by Gasteiger charge is -2.15. The van der Waals surface area contributed by atoms with E-state index in [1.165, 1.54) is 12.1 Å². The van der Waals surface area contributed by atoms with Crippen LogP contribution in [0.15, 0.2) is 30.3 Å². The van der Waals surface area contributed by atoms with Gasteiger partial charge < -0.3 is 5.73 Å². The Labute approximate surface area is 117 Å². The first-order valence-electron chi connectivity index (χ1n) is 5.25. The first kappa shape index (κ1) is 14.2. The molecule has 1 nitrogen and oxygen atoms in total. The summed E-state index contributed by atoms with van der Waals surface area (Å²) in [5.41, 5.74) is 5.97. The molecule has 6 heteroatoms. The summed E-state index contributed by atoms with van der Waals surface area (Å²) in [7, 11) is 0. The molecule has 0 bridgehead atoms. The minimum absolute atomic E-state index is 0.0559. The Morgan fingerprint density at radius 2 is 1.47 bits per heavy atom. The normalized spacial score (nSPS) is 12.5. The van der Waals surface area contributed by atoms with Crippen LogP contribution in [0.25, 0.3) is 0 Å². The molecule has 0 radical (unpaired) electrons. The van der Waals surface area contributed by atoms with E-state index in [0.29, 0.717) is 0 Å². The lowest BCUT2D eigenvalue weighted by atomic mass is 9.99. The van der Waals surface area contributed by atoms with Crippen molar-refractivity contribution in [2.45, 2.75) is 6.04 Å². The summed E-state index contributed by atoms with van der Waals surface area (Å²) in [6.45, 7) is 0. The monoisotopic (exact) mass is 305 g/mol. The van der Waals surface area contributed by atoms with Crippen LogP contribution in [0.1, 0.15) is 17.2 Å². The Balaban J connectivity index is 2.52. The fourth-order valence-corrected chi connectivity index (χ4v) is 2.15. The van der Waals surface area contributed by atoms with Gasteiger partial charge in [0.2, 0.25) is 0 Å². The van der Waals surface area contributed by atoms with Gasteiger partial charge in [-0.25, -0.2) is 13.2 Å². The minimum atomic E-state index is -1.10. The van der Waals surface area contributed by atoms with E-state index in [-0.39, 0.29) is 21.2 Å². The van der Waals surface area contributed by atoms with E-state index < -0.39 is 23.5 Å². The first-order valence-corrected chi connectivity index (χ1v) is 6.00. The molecule has 0 aliphatic rings. The smallest absolute Gasteiger partial charge is 0.160 e. The third-order valence-electron chi connectivity index (χ3n) is 2.67. The van der Waals surface area contributed by atoms with Gasteiger partial charge in [-0.2, -0.15) is 0 Å². The zero-order valence-corrected chi connectivity index (χ0v) is 10.9. The van der Waals surface area contributed by atoms with E-state index in [0.717, 1.165) is 18.2 Å². The van der Waals surface area contributed by atoms with E-state index in [9.17, 15) is 13.2 Å². The van der Waals surface area contributed by atoms with Gasteiger partial charge in [-0.05, 0) is 35.9 Å². The largest absolute Gasteiger partial charge is 0.320 e. The molecule has 2 aromatic rings. The molecule has 2 N–H and O–H groups in total. The van der Waals surface area contributed by atoms with Crippen molar-refractivity contribution in [2.75, 3.05) is 0 Å². The molecule has 0 saturated heterocycles. The van der Waals surface area contributed by atoms with Gasteiger partial charge in [0.1, 0.15) is 5.82 Å². The maximum absolute atomic E-state index is 13.7. The number of hydrogen-bond donors (Lipinski definition) is 1. The second-order valence-electron chi connectivity index (χ2n) is 3.93. The van der Waals surface area contributed by atoms with Crippen molar-refractivity contribution in [1.82, 2.24) is 0 Å². The first-order chi connectivity index (χ1) is 8.90. The van der Waals surface area contributed by atoms with Crippen LogP contribution in [-0.2, 0) is 0 Å². The van der Waals surface area contributed by atoms with Gasteiger partial charge in [-0.3, -0.25) is 0 Å². The molecule has 100 valence electrons. The second-order valence-corrected chi connectivity index (χ2v) is 4.77. The van der Waals surface area contributed by atoms with Gasteiger partial charge in [-0.1, -0.05) is 23.2 Å². The molecule has 0 aromatic heterocycles. The van der Waals surface area contributed by atoms with Crippen molar-refractivity contribution in [1.29, 1.82) is 0 Å². The van der Waals surface area contributed by atoms with Crippen LogP contribution in [0.3, 0.4) is 0 Å². The Hall–Kier alpha value is -1.23. The summed E-state index contributed by atoms with van der Waals surface area (Å²) >= 11 is 11.6. The van der Waals surface area contributed by atoms with Gasteiger partial charge in [0.25, 0.3) is 0 Å². The van der Waals surface area contributed by atoms with Crippen molar-refractivity contribution in [2.24, 2.45) is 5.73 Å². The number of nitrogens with two attached hydrogens (primary N) is 1. The van der Waals surface area contributed by atoms with Crippen molar-refractivity contribution < 1.29 is 13.2 Å². The van der Waals surface area contributed by atoms with Crippen LogP contribution >= 0.6 is 23.2 Å². The molecule has 0 saturated carbocycles. The molecular formula is C13H8Cl2F3N. The van der Waals surface area contributed by atoms with Crippen molar-refractivity contribution in [3.05, 3.63) is 69.0 Å². The highest BCUT2D eigenvalue weighted by Crippen LogP contribution is 2.31. The van der Waals surface area contributed by atoms with Gasteiger partial charge >= 0.3 is 0 Å². The van der Waals surface area contributed by atoms with Crippen molar-refractivity contribution >= 4 is 23.2 Å². The van der Waals surface area contributed by atoms with Crippen LogP contribution < -0.4 is 5.73 Å². The molecule has 0 fully saturated rings. The molecule has 0 aliphatic heterocycles. The summed E-state index contributed by atoms with van der Waals surface area (Å²) < 4.78 is 39.8. The Morgan fingerprint density at radius 1 is 0.842 bits per heavy atom. The van der Waals surface area contributed by atoms with E-state index in [4.69, 9.17) is 28.9 Å². The fourth-order valence-electron chi connectivity index (χ4n) is 1.70. The lowest BCUT2D eigenvalue weighted by Crippen LogP contribution is -2.15. The molecule has 0 amide bonds. The third-order valence-corrected chi connectivity index (χ3v) is 3.23. The summed E-state index contributed by atoms with van der Waals surface area (Å²) in [6.07, 6.45) is 0. The van der Waals surface area contributed by atoms with E-state index in [1.54, 1.807) is 0 Å². The zero-order valence-electron chi connectivity index (χ0n) is 9.43. The van der Waals surface area contributed by atoms with Gasteiger partial charge in [0, 0.05) is 15.6 Å². The van der Waals surface area contributed by atoms with Gasteiger partial charge in [-0.15, -0.1) is 0 Å². The van der Waals surface area contributed by atoms with Gasteiger partial charge in [0.05, 0.1) is 6.04 Å². The van der Waals surface area contributed by atoms with Crippen LogP contribution in [0.2, 0.25) is 10.0 Å². The highest BCUT2D eigenvalue weighted by atomic mass is 35.5. The molecule has 19 heavy (non-hydrogen) atoms. The molecule has 0 spiro atoms. The second kappa shape index (κ2) is 5.41. The highest BCUT2D eigenvalue weighted by Gasteiger charge is 2.19. The number of halogens is 5. The summed E-state index contributed by atoms with van der Waals surface area (Å²) in [6, 6.07) is 4.43. The van der Waals surface area contributed by atoms with Crippen molar-refractivity contribution in [3.8, 4) is 0 Å². The highest BCUT2D eigenvalue weighted by molar-refractivity contribution is 6.31.